The lowest BCUT2D eigenvalue weighted by Crippen LogP contribution is -2.52. The van der Waals surface area contributed by atoms with Gasteiger partial charge in [-0.1, -0.05) is 32.0 Å². The zero-order valence-corrected chi connectivity index (χ0v) is 16.7. The van der Waals surface area contributed by atoms with Crippen molar-refractivity contribution in [1.82, 2.24) is 15.5 Å². The Kier molecular flexibility index (Phi) is 7.35. The zero-order valence-electron chi connectivity index (χ0n) is 16.7. The summed E-state index contributed by atoms with van der Waals surface area (Å²) in [6.45, 7) is 11.4. The molecule has 27 heavy (non-hydrogen) atoms. The third kappa shape index (κ3) is 5.59. The number of para-hydroxylation sites is 1. The van der Waals surface area contributed by atoms with E-state index in [0.717, 1.165) is 52.2 Å². The average molecular weight is 375 g/mol. The first-order valence-corrected chi connectivity index (χ1v) is 10.3. The molecule has 3 rings (SSSR count). The van der Waals surface area contributed by atoms with Crippen molar-refractivity contribution in [3.63, 3.8) is 0 Å². The lowest BCUT2D eigenvalue weighted by atomic mass is 10.0. The molecule has 1 aromatic carbocycles. The van der Waals surface area contributed by atoms with Gasteiger partial charge in [0.15, 0.2) is 0 Å². The fourth-order valence-corrected chi connectivity index (χ4v) is 4.07. The number of urea groups is 1. The lowest BCUT2D eigenvalue weighted by Gasteiger charge is -2.36. The number of hydrogen-bond acceptors (Lipinski definition) is 4. The molecule has 1 fully saturated rings. The molecule has 0 bridgehead atoms. The second kappa shape index (κ2) is 9.95. The van der Waals surface area contributed by atoms with E-state index in [1.165, 1.54) is 11.3 Å². The van der Waals surface area contributed by atoms with Gasteiger partial charge in [0, 0.05) is 51.0 Å². The molecule has 0 aromatic heterocycles. The van der Waals surface area contributed by atoms with Crippen LogP contribution in [0.25, 0.3) is 0 Å². The third-order valence-corrected chi connectivity index (χ3v) is 5.63. The maximum absolute atomic E-state index is 12.2. The molecule has 2 aliphatic rings. The van der Waals surface area contributed by atoms with Crippen molar-refractivity contribution in [2.24, 2.45) is 5.92 Å². The van der Waals surface area contributed by atoms with Crippen molar-refractivity contribution < 1.29 is 9.53 Å². The number of carbonyl (C=O) groups excluding carboxylic acids is 1. The molecule has 2 N–H and O–H groups in total. The number of nitrogens with one attached hydrogen (secondary N) is 2. The molecule has 1 atom stereocenters. The Labute approximate surface area is 163 Å². The van der Waals surface area contributed by atoms with E-state index in [-0.39, 0.29) is 6.03 Å². The van der Waals surface area contributed by atoms with Crippen molar-refractivity contribution >= 4 is 11.7 Å². The summed E-state index contributed by atoms with van der Waals surface area (Å²) in [5.74, 6) is 0.499. The standard InChI is InChI=1S/C21H34N4O2/c1-17(2)20(25-12-14-27-15-13-25)16-23-21(26)22-9-5-10-24-11-8-18-6-3-4-7-19(18)24/h3-4,6-7,17,20H,5,8-16H2,1-2H3,(H2,22,23,26). The average Bonchev–Trinajstić information content (AvgIpc) is 3.09. The van der Waals surface area contributed by atoms with Crippen molar-refractivity contribution in [2.75, 3.05) is 57.4 Å². The molecule has 0 radical (unpaired) electrons. The van der Waals surface area contributed by atoms with Crippen LogP contribution in [0.2, 0.25) is 0 Å². The largest absolute Gasteiger partial charge is 0.379 e. The topological polar surface area (TPSA) is 56.8 Å². The fourth-order valence-electron chi connectivity index (χ4n) is 4.07. The summed E-state index contributed by atoms with van der Waals surface area (Å²) in [7, 11) is 0. The summed E-state index contributed by atoms with van der Waals surface area (Å²) in [5, 5.41) is 6.07. The monoisotopic (exact) mass is 374 g/mol. The maximum atomic E-state index is 12.2. The molecule has 2 aliphatic heterocycles. The van der Waals surface area contributed by atoms with E-state index in [4.69, 9.17) is 4.74 Å². The minimum atomic E-state index is -0.0595. The first-order chi connectivity index (χ1) is 13.1. The Morgan fingerprint density at radius 3 is 2.70 bits per heavy atom. The number of benzene rings is 1. The van der Waals surface area contributed by atoms with Gasteiger partial charge < -0.3 is 20.3 Å². The van der Waals surface area contributed by atoms with Crippen molar-refractivity contribution in [2.45, 2.75) is 32.7 Å². The highest BCUT2D eigenvalue weighted by molar-refractivity contribution is 5.73. The van der Waals surface area contributed by atoms with Gasteiger partial charge >= 0.3 is 6.03 Å². The number of morpholine rings is 1. The molecule has 1 unspecified atom stereocenters. The summed E-state index contributed by atoms with van der Waals surface area (Å²) in [5.41, 5.74) is 2.79. The number of amides is 2. The van der Waals surface area contributed by atoms with E-state index in [2.05, 4.69) is 58.5 Å². The van der Waals surface area contributed by atoms with Gasteiger partial charge in [-0.05, 0) is 30.4 Å². The Balaban J connectivity index is 1.33. The first kappa shape index (κ1) is 20.0. The number of ether oxygens (including phenoxy) is 1. The minimum Gasteiger partial charge on any atom is -0.379 e. The van der Waals surface area contributed by atoms with Crippen LogP contribution < -0.4 is 15.5 Å². The van der Waals surface area contributed by atoms with Crippen LogP contribution >= 0.6 is 0 Å². The van der Waals surface area contributed by atoms with Crippen LogP contribution in [-0.4, -0.2) is 69.5 Å². The van der Waals surface area contributed by atoms with Crippen LogP contribution in [-0.2, 0) is 11.2 Å². The molecule has 2 heterocycles. The number of rotatable bonds is 8. The van der Waals surface area contributed by atoms with Crippen LogP contribution in [0.15, 0.2) is 24.3 Å². The Morgan fingerprint density at radius 1 is 1.15 bits per heavy atom. The third-order valence-electron chi connectivity index (χ3n) is 5.63. The fraction of sp³-hybridized carbons (Fsp3) is 0.667. The predicted molar refractivity (Wildman–Crippen MR) is 109 cm³/mol. The summed E-state index contributed by atoms with van der Waals surface area (Å²) in [6.07, 6.45) is 2.08. The summed E-state index contributed by atoms with van der Waals surface area (Å²) in [4.78, 5) is 17.0. The van der Waals surface area contributed by atoms with Gasteiger partial charge in [0.1, 0.15) is 0 Å². The maximum Gasteiger partial charge on any atom is 0.314 e. The molecular formula is C21H34N4O2. The number of hydrogen-bond donors (Lipinski definition) is 2. The first-order valence-electron chi connectivity index (χ1n) is 10.3. The molecule has 6 heteroatoms. The quantitative estimate of drug-likeness (QED) is 0.684. The Morgan fingerprint density at radius 2 is 1.93 bits per heavy atom. The SMILES string of the molecule is CC(C)C(CNC(=O)NCCCN1CCc2ccccc21)N1CCOCC1. The lowest BCUT2D eigenvalue weighted by molar-refractivity contribution is 0.00720. The normalized spacial score (nSPS) is 18.4. The Hall–Kier alpha value is -1.79. The van der Waals surface area contributed by atoms with Gasteiger partial charge in [-0.15, -0.1) is 0 Å². The molecular weight excluding hydrogens is 340 g/mol. The van der Waals surface area contributed by atoms with Crippen molar-refractivity contribution in [3.8, 4) is 0 Å². The predicted octanol–water partition coefficient (Wildman–Crippen LogP) is 2.10. The highest BCUT2D eigenvalue weighted by atomic mass is 16.5. The minimum absolute atomic E-state index is 0.0595. The molecule has 150 valence electrons. The van der Waals surface area contributed by atoms with E-state index >= 15 is 0 Å². The molecule has 0 saturated carbocycles. The molecule has 2 amide bonds. The second-order valence-corrected chi connectivity index (χ2v) is 7.82. The number of nitrogens with zero attached hydrogens (tertiary/aromatic N) is 2. The number of carbonyl (C=O) groups is 1. The van der Waals surface area contributed by atoms with Gasteiger partial charge in [0.2, 0.25) is 0 Å². The van der Waals surface area contributed by atoms with E-state index in [1.54, 1.807) is 0 Å². The highest BCUT2D eigenvalue weighted by Crippen LogP contribution is 2.27. The van der Waals surface area contributed by atoms with Crippen LogP contribution in [0, 0.1) is 5.92 Å². The summed E-state index contributed by atoms with van der Waals surface area (Å²) in [6, 6.07) is 8.91. The number of fused-ring (bicyclic) bond motifs is 1. The van der Waals surface area contributed by atoms with E-state index in [9.17, 15) is 4.79 Å². The summed E-state index contributed by atoms with van der Waals surface area (Å²) >= 11 is 0. The molecule has 1 aromatic rings. The van der Waals surface area contributed by atoms with E-state index < -0.39 is 0 Å². The van der Waals surface area contributed by atoms with E-state index in [0.29, 0.717) is 25.0 Å². The van der Waals surface area contributed by atoms with Crippen molar-refractivity contribution in [1.29, 1.82) is 0 Å². The van der Waals surface area contributed by atoms with Gasteiger partial charge in [0.25, 0.3) is 0 Å². The van der Waals surface area contributed by atoms with E-state index in [1.807, 2.05) is 0 Å². The van der Waals surface area contributed by atoms with Gasteiger partial charge in [0.05, 0.1) is 13.2 Å². The molecule has 0 aliphatic carbocycles. The van der Waals surface area contributed by atoms with Gasteiger partial charge in [-0.3, -0.25) is 4.90 Å². The second-order valence-electron chi connectivity index (χ2n) is 7.82. The molecule has 0 spiro atoms. The van der Waals surface area contributed by atoms with Gasteiger partial charge in [-0.25, -0.2) is 4.79 Å². The van der Waals surface area contributed by atoms with Crippen LogP contribution in [0.3, 0.4) is 0 Å². The highest BCUT2D eigenvalue weighted by Gasteiger charge is 2.24. The Bertz CT molecular complexity index is 602. The van der Waals surface area contributed by atoms with Crippen LogP contribution in [0.1, 0.15) is 25.8 Å². The smallest absolute Gasteiger partial charge is 0.314 e. The van der Waals surface area contributed by atoms with Crippen LogP contribution in [0.4, 0.5) is 10.5 Å². The molecule has 6 nitrogen and oxygen atoms in total. The van der Waals surface area contributed by atoms with Crippen molar-refractivity contribution in [3.05, 3.63) is 29.8 Å². The zero-order chi connectivity index (χ0) is 19.1. The number of anilines is 1. The molecule has 1 saturated heterocycles. The summed E-state index contributed by atoms with van der Waals surface area (Å²) < 4.78 is 5.44. The van der Waals surface area contributed by atoms with Crippen LogP contribution in [0.5, 0.6) is 0 Å². The van der Waals surface area contributed by atoms with Gasteiger partial charge in [-0.2, -0.15) is 0 Å².